The number of alkyl halides is 3. The van der Waals surface area contributed by atoms with Crippen molar-refractivity contribution in [1.82, 2.24) is 0 Å². The summed E-state index contributed by atoms with van der Waals surface area (Å²) < 4.78 is 37.3. The number of aliphatic hydroxyl groups is 1. The maximum absolute atomic E-state index is 12.4. The van der Waals surface area contributed by atoms with E-state index in [0.29, 0.717) is 12.1 Å². The van der Waals surface area contributed by atoms with Crippen LogP contribution in [0.4, 0.5) is 18.9 Å². The molecule has 1 aromatic rings. The first kappa shape index (κ1) is 15.8. The molecular formula is C14H20F3NO. The smallest absolute Gasteiger partial charge is 0.396 e. The van der Waals surface area contributed by atoms with Crippen molar-refractivity contribution in [3.05, 3.63) is 29.8 Å². The van der Waals surface area contributed by atoms with E-state index in [9.17, 15) is 13.2 Å². The van der Waals surface area contributed by atoms with Crippen molar-refractivity contribution in [2.45, 2.75) is 39.4 Å². The lowest BCUT2D eigenvalue weighted by Crippen LogP contribution is -2.34. The fraction of sp³-hybridized carbons (Fsp3) is 0.571. The normalized spacial score (nSPS) is 14.3. The number of hydrogen-bond acceptors (Lipinski definition) is 2. The Bertz CT molecular complexity index is 393. The van der Waals surface area contributed by atoms with Gasteiger partial charge in [-0.15, -0.1) is 0 Å². The van der Waals surface area contributed by atoms with E-state index in [1.54, 1.807) is 0 Å². The van der Waals surface area contributed by atoms with Crippen LogP contribution < -0.4 is 5.32 Å². The predicted octanol–water partition coefficient (Wildman–Crippen LogP) is 3.91. The van der Waals surface area contributed by atoms with Crippen molar-refractivity contribution in [2.75, 3.05) is 11.9 Å². The van der Waals surface area contributed by atoms with Crippen LogP contribution in [0.2, 0.25) is 0 Å². The van der Waals surface area contributed by atoms with Crippen LogP contribution in [0.15, 0.2) is 24.3 Å². The minimum atomic E-state index is -4.31. The van der Waals surface area contributed by atoms with E-state index in [0.717, 1.165) is 12.1 Å². The molecule has 1 atom stereocenters. The second-order valence-corrected chi connectivity index (χ2v) is 5.65. The molecule has 0 aliphatic heterocycles. The van der Waals surface area contributed by atoms with Crippen LogP contribution in [-0.4, -0.2) is 17.8 Å². The molecule has 0 heterocycles. The van der Waals surface area contributed by atoms with Gasteiger partial charge in [0.1, 0.15) is 0 Å². The molecule has 0 spiro atoms. The maximum atomic E-state index is 12.4. The first-order chi connectivity index (χ1) is 8.64. The van der Waals surface area contributed by atoms with Gasteiger partial charge >= 0.3 is 6.18 Å². The fourth-order valence-corrected chi connectivity index (χ4v) is 1.81. The van der Waals surface area contributed by atoms with Gasteiger partial charge in [0.05, 0.1) is 5.56 Å². The van der Waals surface area contributed by atoms with E-state index < -0.39 is 11.7 Å². The van der Waals surface area contributed by atoms with Crippen LogP contribution in [0.3, 0.4) is 0 Å². The Hall–Kier alpha value is -1.23. The van der Waals surface area contributed by atoms with Gasteiger partial charge in [0.2, 0.25) is 0 Å². The van der Waals surface area contributed by atoms with E-state index in [4.69, 9.17) is 5.11 Å². The molecule has 0 saturated heterocycles. The van der Waals surface area contributed by atoms with E-state index in [-0.39, 0.29) is 18.1 Å². The molecule has 0 bridgehead atoms. The lowest BCUT2D eigenvalue weighted by molar-refractivity contribution is -0.137. The topological polar surface area (TPSA) is 32.3 Å². The van der Waals surface area contributed by atoms with Crippen molar-refractivity contribution in [3.63, 3.8) is 0 Å². The zero-order chi connectivity index (χ0) is 14.7. The zero-order valence-corrected chi connectivity index (χ0v) is 11.4. The highest BCUT2D eigenvalue weighted by atomic mass is 19.4. The third kappa shape index (κ3) is 4.74. The van der Waals surface area contributed by atoms with Crippen LogP contribution >= 0.6 is 0 Å². The highest BCUT2D eigenvalue weighted by Gasteiger charge is 2.30. The fourth-order valence-electron chi connectivity index (χ4n) is 1.81. The molecule has 0 aliphatic carbocycles. The molecule has 1 rings (SSSR count). The van der Waals surface area contributed by atoms with Gasteiger partial charge in [0.15, 0.2) is 0 Å². The van der Waals surface area contributed by atoms with Crippen LogP contribution in [0, 0.1) is 5.41 Å². The molecule has 0 radical (unpaired) electrons. The Morgan fingerprint density at radius 2 is 1.63 bits per heavy atom. The van der Waals surface area contributed by atoms with Crippen LogP contribution in [-0.2, 0) is 6.18 Å². The summed E-state index contributed by atoms with van der Waals surface area (Å²) in [5.74, 6) is 0. The number of halogens is 3. The van der Waals surface area contributed by atoms with Crippen molar-refractivity contribution >= 4 is 5.69 Å². The van der Waals surface area contributed by atoms with E-state index in [1.165, 1.54) is 12.1 Å². The van der Waals surface area contributed by atoms with Crippen LogP contribution in [0.5, 0.6) is 0 Å². The Morgan fingerprint density at radius 1 is 1.11 bits per heavy atom. The molecule has 0 fully saturated rings. The third-order valence-electron chi connectivity index (χ3n) is 3.02. The Morgan fingerprint density at radius 3 is 2.00 bits per heavy atom. The SMILES string of the molecule is CC(C)(C)C(CCO)Nc1ccc(C(F)(F)F)cc1. The number of hydrogen-bond donors (Lipinski definition) is 2. The van der Waals surface area contributed by atoms with Gasteiger partial charge in [-0.3, -0.25) is 0 Å². The van der Waals surface area contributed by atoms with Crippen molar-refractivity contribution < 1.29 is 18.3 Å². The van der Waals surface area contributed by atoms with Gasteiger partial charge in [0, 0.05) is 18.3 Å². The number of benzene rings is 1. The Kier molecular flexibility index (Phi) is 4.85. The van der Waals surface area contributed by atoms with Gasteiger partial charge in [-0.25, -0.2) is 0 Å². The number of anilines is 1. The van der Waals surface area contributed by atoms with Gasteiger partial charge < -0.3 is 10.4 Å². The average molecular weight is 275 g/mol. The molecule has 2 N–H and O–H groups in total. The molecule has 0 aliphatic rings. The monoisotopic (exact) mass is 275 g/mol. The van der Waals surface area contributed by atoms with E-state index in [1.807, 2.05) is 20.8 Å². The molecule has 0 amide bonds. The van der Waals surface area contributed by atoms with Gasteiger partial charge in [-0.05, 0) is 36.1 Å². The highest BCUT2D eigenvalue weighted by Crippen LogP contribution is 2.31. The largest absolute Gasteiger partial charge is 0.416 e. The van der Waals surface area contributed by atoms with Crippen molar-refractivity contribution in [1.29, 1.82) is 0 Å². The highest BCUT2D eigenvalue weighted by molar-refractivity contribution is 5.46. The van der Waals surface area contributed by atoms with Crippen molar-refractivity contribution in [3.8, 4) is 0 Å². The number of rotatable bonds is 4. The van der Waals surface area contributed by atoms with Gasteiger partial charge in [-0.2, -0.15) is 13.2 Å². The Balaban J connectivity index is 2.81. The molecule has 19 heavy (non-hydrogen) atoms. The second kappa shape index (κ2) is 5.82. The molecule has 2 nitrogen and oxygen atoms in total. The van der Waals surface area contributed by atoms with Gasteiger partial charge in [-0.1, -0.05) is 20.8 Å². The summed E-state index contributed by atoms with van der Waals surface area (Å²) >= 11 is 0. The lowest BCUT2D eigenvalue weighted by atomic mass is 9.85. The summed E-state index contributed by atoms with van der Waals surface area (Å²) in [6.45, 7) is 6.09. The molecule has 1 unspecified atom stereocenters. The van der Waals surface area contributed by atoms with E-state index >= 15 is 0 Å². The van der Waals surface area contributed by atoms with Gasteiger partial charge in [0.25, 0.3) is 0 Å². The minimum absolute atomic E-state index is 0.00534. The summed E-state index contributed by atoms with van der Waals surface area (Å²) in [6.07, 6.45) is -3.77. The summed E-state index contributed by atoms with van der Waals surface area (Å²) in [6, 6.07) is 4.94. The third-order valence-corrected chi connectivity index (χ3v) is 3.02. The summed E-state index contributed by atoms with van der Waals surface area (Å²) in [4.78, 5) is 0. The van der Waals surface area contributed by atoms with Crippen molar-refractivity contribution in [2.24, 2.45) is 5.41 Å². The first-order valence-electron chi connectivity index (χ1n) is 6.19. The maximum Gasteiger partial charge on any atom is 0.416 e. The summed E-state index contributed by atoms with van der Waals surface area (Å²) in [5, 5.41) is 12.2. The molecule has 0 aromatic heterocycles. The predicted molar refractivity (Wildman–Crippen MR) is 70.0 cm³/mol. The zero-order valence-electron chi connectivity index (χ0n) is 11.4. The van der Waals surface area contributed by atoms with Crippen LogP contribution in [0.25, 0.3) is 0 Å². The summed E-state index contributed by atoms with van der Waals surface area (Å²) in [5.41, 5.74) is -0.125. The molecular weight excluding hydrogens is 255 g/mol. The summed E-state index contributed by atoms with van der Waals surface area (Å²) in [7, 11) is 0. The molecule has 108 valence electrons. The molecule has 5 heteroatoms. The Labute approximate surface area is 111 Å². The van der Waals surface area contributed by atoms with Crippen LogP contribution in [0.1, 0.15) is 32.8 Å². The minimum Gasteiger partial charge on any atom is -0.396 e. The first-order valence-corrected chi connectivity index (χ1v) is 6.19. The average Bonchev–Trinajstić information content (AvgIpc) is 2.26. The lowest BCUT2D eigenvalue weighted by Gasteiger charge is -2.32. The molecule has 0 saturated carbocycles. The number of aliphatic hydroxyl groups excluding tert-OH is 1. The molecule has 1 aromatic carbocycles. The standard InChI is InChI=1S/C14H20F3NO/c1-13(2,3)12(8-9-19)18-11-6-4-10(5-7-11)14(15,16)17/h4-7,12,18-19H,8-9H2,1-3H3. The number of nitrogens with one attached hydrogen (secondary N) is 1. The quantitative estimate of drug-likeness (QED) is 0.873. The second-order valence-electron chi connectivity index (χ2n) is 5.65. The van der Waals surface area contributed by atoms with E-state index in [2.05, 4.69) is 5.32 Å².